The predicted octanol–water partition coefficient (Wildman–Crippen LogP) is 2.78. The molecule has 4 nitrogen and oxygen atoms in total. The van der Waals surface area contributed by atoms with Gasteiger partial charge in [0, 0.05) is 5.92 Å². The van der Waals surface area contributed by atoms with E-state index in [1.54, 1.807) is 12.1 Å². The number of nitriles is 1. The normalized spacial score (nSPS) is 25.7. The zero-order valence-corrected chi connectivity index (χ0v) is 13.6. The van der Waals surface area contributed by atoms with E-state index in [2.05, 4.69) is 0 Å². The van der Waals surface area contributed by atoms with Crippen molar-refractivity contribution in [3.63, 3.8) is 0 Å². The van der Waals surface area contributed by atoms with Crippen LogP contribution in [0.25, 0.3) is 0 Å². The molecule has 1 aliphatic carbocycles. The highest BCUT2D eigenvalue weighted by atomic mass is 32.2. The van der Waals surface area contributed by atoms with Crippen molar-refractivity contribution in [1.82, 2.24) is 0 Å². The van der Waals surface area contributed by atoms with E-state index in [1.165, 1.54) is 36.4 Å². The van der Waals surface area contributed by atoms with Gasteiger partial charge in [0.15, 0.2) is 9.84 Å². The molecule has 3 unspecified atom stereocenters. The van der Waals surface area contributed by atoms with Crippen LogP contribution >= 0.6 is 0 Å². The monoisotopic (exact) mass is 343 g/mol. The van der Waals surface area contributed by atoms with Crippen LogP contribution in [0.1, 0.15) is 17.0 Å². The molecule has 0 spiro atoms. The second-order valence-corrected chi connectivity index (χ2v) is 8.04. The first kappa shape index (κ1) is 16.3. The fraction of sp³-hybridized carbons (Fsp3) is 0.222. The molecule has 3 atom stereocenters. The van der Waals surface area contributed by atoms with Crippen molar-refractivity contribution in [2.75, 3.05) is 0 Å². The van der Waals surface area contributed by atoms with E-state index < -0.39 is 32.2 Å². The zero-order valence-electron chi connectivity index (χ0n) is 12.8. The summed E-state index contributed by atoms with van der Waals surface area (Å²) in [7, 11) is -3.90. The van der Waals surface area contributed by atoms with Gasteiger partial charge in [0.1, 0.15) is 22.8 Å². The summed E-state index contributed by atoms with van der Waals surface area (Å²) in [6, 6.07) is 13.4. The van der Waals surface area contributed by atoms with E-state index in [0.717, 1.165) is 5.56 Å². The minimum absolute atomic E-state index is 0.0541. The van der Waals surface area contributed by atoms with Crippen molar-refractivity contribution in [2.24, 2.45) is 5.41 Å². The first-order valence-corrected chi connectivity index (χ1v) is 8.85. The van der Waals surface area contributed by atoms with E-state index in [1.807, 2.05) is 13.0 Å². The second kappa shape index (κ2) is 5.53. The van der Waals surface area contributed by atoms with Crippen molar-refractivity contribution in [2.45, 2.75) is 23.0 Å². The maximum atomic E-state index is 13.5. The van der Waals surface area contributed by atoms with Crippen molar-refractivity contribution >= 4 is 16.1 Å². The molecule has 0 radical (unpaired) electrons. The molecule has 0 aromatic heterocycles. The number of halogens is 1. The SMILES string of the molecule is Cc1ccc(S(=O)(=O)C2C(c3cccc(F)c3)C2(C#N)C=O)cc1. The van der Waals surface area contributed by atoms with Gasteiger partial charge < -0.3 is 4.79 Å². The highest BCUT2D eigenvalue weighted by Gasteiger charge is 2.72. The van der Waals surface area contributed by atoms with Gasteiger partial charge in [0.2, 0.25) is 0 Å². The minimum Gasteiger partial charge on any atom is -0.302 e. The van der Waals surface area contributed by atoms with Gasteiger partial charge in [-0.15, -0.1) is 0 Å². The molecule has 1 saturated carbocycles. The lowest BCUT2D eigenvalue weighted by Crippen LogP contribution is -2.16. The molecule has 0 aliphatic heterocycles. The Labute approximate surface area is 139 Å². The quantitative estimate of drug-likeness (QED) is 0.800. The Balaban J connectivity index is 2.10. The third-order valence-corrected chi connectivity index (χ3v) is 6.72. The summed E-state index contributed by atoms with van der Waals surface area (Å²) in [6.07, 6.45) is 0.374. The Morgan fingerprint density at radius 3 is 2.42 bits per heavy atom. The van der Waals surface area contributed by atoms with Crippen LogP contribution in [0, 0.1) is 29.5 Å². The molecule has 0 amide bonds. The molecule has 0 N–H and O–H groups in total. The van der Waals surface area contributed by atoms with Crippen LogP contribution in [0.4, 0.5) is 4.39 Å². The third-order valence-electron chi connectivity index (χ3n) is 4.46. The van der Waals surface area contributed by atoms with Crippen LogP contribution in [0.15, 0.2) is 53.4 Å². The molecule has 122 valence electrons. The number of nitrogens with zero attached hydrogens (tertiary/aromatic N) is 1. The zero-order chi connectivity index (χ0) is 17.5. The van der Waals surface area contributed by atoms with Crippen molar-refractivity contribution < 1.29 is 17.6 Å². The molecule has 0 saturated heterocycles. The van der Waals surface area contributed by atoms with E-state index >= 15 is 0 Å². The fourth-order valence-corrected chi connectivity index (χ4v) is 5.37. The summed E-state index contributed by atoms with van der Waals surface area (Å²) in [6.45, 7) is 1.83. The molecule has 0 heterocycles. The lowest BCUT2D eigenvalue weighted by atomic mass is 10.0. The molecule has 0 bridgehead atoms. The lowest BCUT2D eigenvalue weighted by Gasteiger charge is -2.05. The van der Waals surface area contributed by atoms with Gasteiger partial charge in [-0.05, 0) is 36.8 Å². The Bertz CT molecular complexity index is 947. The number of carbonyl (C=O) groups excluding carboxylic acids is 1. The topological polar surface area (TPSA) is 75.0 Å². The maximum Gasteiger partial charge on any atom is 0.183 e. The summed E-state index contributed by atoms with van der Waals surface area (Å²) >= 11 is 0. The molecular weight excluding hydrogens is 329 g/mol. The van der Waals surface area contributed by atoms with Crippen LogP contribution < -0.4 is 0 Å². The number of carbonyl (C=O) groups is 1. The van der Waals surface area contributed by atoms with E-state index in [0.29, 0.717) is 11.8 Å². The summed E-state index contributed by atoms with van der Waals surface area (Å²) in [5, 5.41) is 8.23. The van der Waals surface area contributed by atoms with Gasteiger partial charge in [0.05, 0.1) is 11.0 Å². The number of rotatable bonds is 4. The molecule has 2 aromatic rings. The highest BCUT2D eigenvalue weighted by molar-refractivity contribution is 7.92. The van der Waals surface area contributed by atoms with Crippen LogP contribution in [0.3, 0.4) is 0 Å². The molecule has 6 heteroatoms. The molecular formula is C18H14FNO3S. The number of aldehydes is 1. The standard InChI is InChI=1S/C18H14FNO3S/c1-12-5-7-15(8-6-12)24(22,23)17-16(18(17,10-20)11-21)13-3-2-4-14(19)9-13/h2-9,11,16-17H,1H3. The van der Waals surface area contributed by atoms with Crippen molar-refractivity contribution in [3.8, 4) is 6.07 Å². The Morgan fingerprint density at radius 2 is 1.88 bits per heavy atom. The average molecular weight is 343 g/mol. The van der Waals surface area contributed by atoms with E-state index in [4.69, 9.17) is 0 Å². The van der Waals surface area contributed by atoms with Crippen LogP contribution in [0.2, 0.25) is 0 Å². The molecule has 1 fully saturated rings. The highest BCUT2D eigenvalue weighted by Crippen LogP contribution is 2.62. The third kappa shape index (κ3) is 2.33. The number of aryl methyl sites for hydroxylation is 1. The maximum absolute atomic E-state index is 13.5. The first-order chi connectivity index (χ1) is 11.4. The number of benzene rings is 2. The lowest BCUT2D eigenvalue weighted by molar-refractivity contribution is -0.110. The van der Waals surface area contributed by atoms with Gasteiger partial charge in [-0.25, -0.2) is 12.8 Å². The fourth-order valence-electron chi connectivity index (χ4n) is 3.14. The smallest absolute Gasteiger partial charge is 0.183 e. The minimum atomic E-state index is -3.90. The van der Waals surface area contributed by atoms with Crippen LogP contribution in [-0.2, 0) is 14.6 Å². The number of sulfone groups is 1. The number of hydrogen-bond acceptors (Lipinski definition) is 4. The second-order valence-electron chi connectivity index (χ2n) is 5.97. The molecule has 3 rings (SSSR count). The largest absolute Gasteiger partial charge is 0.302 e. The predicted molar refractivity (Wildman–Crippen MR) is 85.4 cm³/mol. The van der Waals surface area contributed by atoms with E-state index in [-0.39, 0.29) is 4.90 Å². The Morgan fingerprint density at radius 1 is 1.21 bits per heavy atom. The van der Waals surface area contributed by atoms with Crippen LogP contribution in [-0.4, -0.2) is 20.0 Å². The Hall–Kier alpha value is -2.52. The first-order valence-electron chi connectivity index (χ1n) is 7.30. The van der Waals surface area contributed by atoms with Gasteiger partial charge in [-0.1, -0.05) is 29.8 Å². The number of hydrogen-bond donors (Lipinski definition) is 0. The summed E-state index contributed by atoms with van der Waals surface area (Å²) in [5.74, 6) is -1.41. The summed E-state index contributed by atoms with van der Waals surface area (Å²) in [5.41, 5.74) is -0.449. The average Bonchev–Trinajstić information content (AvgIpc) is 3.26. The molecule has 24 heavy (non-hydrogen) atoms. The summed E-state index contributed by atoms with van der Waals surface area (Å²) < 4.78 is 39.3. The van der Waals surface area contributed by atoms with Gasteiger partial charge in [-0.3, -0.25) is 0 Å². The van der Waals surface area contributed by atoms with Crippen molar-refractivity contribution in [1.29, 1.82) is 5.26 Å². The van der Waals surface area contributed by atoms with E-state index in [9.17, 15) is 22.9 Å². The van der Waals surface area contributed by atoms with Gasteiger partial charge in [0.25, 0.3) is 0 Å². The van der Waals surface area contributed by atoms with Crippen molar-refractivity contribution in [3.05, 3.63) is 65.5 Å². The summed E-state index contributed by atoms with van der Waals surface area (Å²) in [4.78, 5) is 11.6. The Kier molecular flexibility index (Phi) is 3.77. The van der Waals surface area contributed by atoms with Crippen LogP contribution in [0.5, 0.6) is 0 Å². The van der Waals surface area contributed by atoms with Gasteiger partial charge in [-0.2, -0.15) is 5.26 Å². The molecule has 1 aliphatic rings. The molecule has 2 aromatic carbocycles. The van der Waals surface area contributed by atoms with Gasteiger partial charge >= 0.3 is 0 Å².